The van der Waals surface area contributed by atoms with Crippen LogP contribution >= 0.6 is 0 Å². The molecule has 1 atom stereocenters. The van der Waals surface area contributed by atoms with Gasteiger partial charge in [0.05, 0.1) is 13.7 Å². The van der Waals surface area contributed by atoms with Gasteiger partial charge in [0, 0.05) is 25.1 Å². The predicted octanol–water partition coefficient (Wildman–Crippen LogP) is 4.37. The number of hydrogen-bond donors (Lipinski definition) is 1. The van der Waals surface area contributed by atoms with Crippen molar-refractivity contribution in [3.8, 4) is 11.5 Å². The molecule has 4 rings (SSSR count). The molecule has 0 radical (unpaired) electrons. The van der Waals surface area contributed by atoms with Crippen molar-refractivity contribution < 1.29 is 19.1 Å². The maximum absolute atomic E-state index is 13.6. The van der Waals surface area contributed by atoms with Gasteiger partial charge in [0.25, 0.3) is 5.91 Å². The largest absolute Gasteiger partial charge is 0.497 e. The van der Waals surface area contributed by atoms with E-state index in [0.29, 0.717) is 31.7 Å². The van der Waals surface area contributed by atoms with E-state index in [2.05, 4.69) is 5.32 Å². The molecule has 0 aliphatic carbocycles. The highest BCUT2D eigenvalue weighted by atomic mass is 16.5. The second kappa shape index (κ2) is 10.00. The third kappa shape index (κ3) is 4.76. The van der Waals surface area contributed by atoms with Crippen LogP contribution in [0.5, 0.6) is 11.5 Å². The van der Waals surface area contributed by atoms with Crippen LogP contribution in [0, 0.1) is 0 Å². The van der Waals surface area contributed by atoms with Gasteiger partial charge in [-0.15, -0.1) is 0 Å². The van der Waals surface area contributed by atoms with E-state index in [4.69, 9.17) is 9.47 Å². The molecule has 0 aromatic heterocycles. The van der Waals surface area contributed by atoms with E-state index < -0.39 is 5.54 Å². The molecule has 0 fully saturated rings. The van der Waals surface area contributed by atoms with E-state index in [0.717, 1.165) is 28.2 Å². The Morgan fingerprint density at radius 2 is 1.76 bits per heavy atom. The van der Waals surface area contributed by atoms with E-state index in [-0.39, 0.29) is 11.8 Å². The smallest absolute Gasteiger partial charge is 0.255 e. The second-order valence-electron chi connectivity index (χ2n) is 8.61. The van der Waals surface area contributed by atoms with Crippen molar-refractivity contribution in [1.82, 2.24) is 10.2 Å². The summed E-state index contributed by atoms with van der Waals surface area (Å²) in [5.41, 5.74) is 2.35. The molecule has 1 heterocycles. The van der Waals surface area contributed by atoms with E-state index in [9.17, 15) is 9.59 Å². The SMILES string of the molecule is CCOc1cccc(CN2C(=O)c3ccccc3C[C@@]2(C)C(=O)NCc2ccc(OC)cc2)c1. The summed E-state index contributed by atoms with van der Waals surface area (Å²) >= 11 is 0. The average Bonchev–Trinajstić information content (AvgIpc) is 2.86. The lowest BCUT2D eigenvalue weighted by atomic mass is 9.82. The summed E-state index contributed by atoms with van der Waals surface area (Å²) in [5, 5.41) is 3.05. The number of amides is 2. The van der Waals surface area contributed by atoms with Gasteiger partial charge in [-0.25, -0.2) is 0 Å². The van der Waals surface area contributed by atoms with Crippen LogP contribution in [-0.2, 0) is 24.3 Å². The first-order chi connectivity index (χ1) is 16.4. The number of hydrogen-bond acceptors (Lipinski definition) is 4. The standard InChI is InChI=1S/C28H30N2O4/c1-4-34-24-10-7-8-21(16-24)19-30-26(31)25-11-6-5-9-22(25)17-28(30,2)27(32)29-18-20-12-14-23(33-3)15-13-20/h5-16H,4,17-19H2,1-3H3,(H,29,32)/t28-/m0/s1. The van der Waals surface area contributed by atoms with Gasteiger partial charge in [-0.05, 0) is 60.9 Å². The molecule has 34 heavy (non-hydrogen) atoms. The van der Waals surface area contributed by atoms with Crippen LogP contribution in [0.15, 0.2) is 72.8 Å². The number of fused-ring (bicyclic) bond motifs is 1. The van der Waals surface area contributed by atoms with Crippen molar-refractivity contribution >= 4 is 11.8 Å². The van der Waals surface area contributed by atoms with Crippen LogP contribution in [0.3, 0.4) is 0 Å². The predicted molar refractivity (Wildman–Crippen MR) is 131 cm³/mol. The van der Waals surface area contributed by atoms with Gasteiger partial charge < -0.3 is 19.7 Å². The van der Waals surface area contributed by atoms with E-state index >= 15 is 0 Å². The molecular formula is C28H30N2O4. The fraction of sp³-hybridized carbons (Fsp3) is 0.286. The molecule has 0 spiro atoms. The first kappa shape index (κ1) is 23.4. The van der Waals surface area contributed by atoms with Crippen molar-refractivity contribution in [2.24, 2.45) is 0 Å². The molecule has 2 amide bonds. The van der Waals surface area contributed by atoms with Crippen LogP contribution in [0.2, 0.25) is 0 Å². The molecule has 3 aromatic carbocycles. The number of nitrogens with zero attached hydrogens (tertiary/aromatic N) is 1. The zero-order valence-corrected chi connectivity index (χ0v) is 19.8. The molecule has 1 aliphatic rings. The molecule has 0 saturated heterocycles. The van der Waals surface area contributed by atoms with Crippen molar-refractivity contribution in [2.45, 2.75) is 38.9 Å². The minimum absolute atomic E-state index is 0.147. The Balaban J connectivity index is 1.61. The maximum atomic E-state index is 13.6. The van der Waals surface area contributed by atoms with Gasteiger partial charge in [0.1, 0.15) is 17.0 Å². The molecule has 0 bridgehead atoms. The van der Waals surface area contributed by atoms with E-state index in [1.54, 1.807) is 12.0 Å². The fourth-order valence-corrected chi connectivity index (χ4v) is 4.37. The number of carbonyl (C=O) groups excluding carboxylic acids is 2. The monoisotopic (exact) mass is 458 g/mol. The van der Waals surface area contributed by atoms with Gasteiger partial charge in [0.2, 0.25) is 5.91 Å². The number of nitrogens with one attached hydrogen (secondary N) is 1. The average molecular weight is 459 g/mol. The van der Waals surface area contributed by atoms with Crippen LogP contribution in [0.25, 0.3) is 0 Å². The molecule has 1 N–H and O–H groups in total. The maximum Gasteiger partial charge on any atom is 0.255 e. The van der Waals surface area contributed by atoms with E-state index in [1.807, 2.05) is 86.6 Å². The summed E-state index contributed by atoms with van der Waals surface area (Å²) in [6.45, 7) is 5.01. The van der Waals surface area contributed by atoms with E-state index in [1.165, 1.54) is 0 Å². The Kier molecular flexibility index (Phi) is 6.87. The second-order valence-corrected chi connectivity index (χ2v) is 8.61. The van der Waals surface area contributed by atoms with Crippen molar-refractivity contribution in [1.29, 1.82) is 0 Å². The fourth-order valence-electron chi connectivity index (χ4n) is 4.37. The molecule has 3 aromatic rings. The molecular weight excluding hydrogens is 428 g/mol. The first-order valence-corrected chi connectivity index (χ1v) is 11.5. The highest BCUT2D eigenvalue weighted by Gasteiger charge is 2.46. The number of methoxy groups -OCH3 is 1. The van der Waals surface area contributed by atoms with Crippen molar-refractivity contribution in [3.05, 3.63) is 95.1 Å². The summed E-state index contributed by atoms with van der Waals surface area (Å²) in [6.07, 6.45) is 0.439. The summed E-state index contributed by atoms with van der Waals surface area (Å²) in [7, 11) is 1.62. The quantitative estimate of drug-likeness (QED) is 0.544. The summed E-state index contributed by atoms with van der Waals surface area (Å²) in [4.78, 5) is 28.9. The Bertz CT molecular complexity index is 1180. The Labute approximate surface area is 200 Å². The van der Waals surface area contributed by atoms with Crippen LogP contribution in [-0.4, -0.2) is 36.0 Å². The summed E-state index contributed by atoms with van der Waals surface area (Å²) in [5.74, 6) is 1.17. The lowest BCUT2D eigenvalue weighted by molar-refractivity contribution is -0.132. The summed E-state index contributed by atoms with van der Waals surface area (Å²) in [6, 6.07) is 22.7. The Hall–Kier alpha value is -3.80. The molecule has 0 unspecified atom stereocenters. The Morgan fingerprint density at radius 1 is 1.00 bits per heavy atom. The minimum Gasteiger partial charge on any atom is -0.497 e. The zero-order chi connectivity index (χ0) is 24.1. The normalized spacial score (nSPS) is 17.1. The van der Waals surface area contributed by atoms with Crippen LogP contribution < -0.4 is 14.8 Å². The third-order valence-electron chi connectivity index (χ3n) is 6.27. The molecule has 1 aliphatic heterocycles. The number of benzene rings is 3. The highest BCUT2D eigenvalue weighted by molar-refractivity contribution is 6.02. The Morgan fingerprint density at radius 3 is 2.50 bits per heavy atom. The highest BCUT2D eigenvalue weighted by Crippen LogP contribution is 2.33. The number of rotatable bonds is 8. The lowest BCUT2D eigenvalue weighted by Crippen LogP contribution is -2.62. The van der Waals surface area contributed by atoms with Gasteiger partial charge in [-0.3, -0.25) is 9.59 Å². The topological polar surface area (TPSA) is 67.9 Å². The third-order valence-corrected chi connectivity index (χ3v) is 6.27. The van der Waals surface area contributed by atoms with Gasteiger partial charge in [0.15, 0.2) is 0 Å². The van der Waals surface area contributed by atoms with Crippen molar-refractivity contribution in [2.75, 3.05) is 13.7 Å². The molecule has 6 heteroatoms. The number of ether oxygens (including phenoxy) is 2. The van der Waals surface area contributed by atoms with Crippen LogP contribution in [0.4, 0.5) is 0 Å². The van der Waals surface area contributed by atoms with Gasteiger partial charge in [-0.2, -0.15) is 0 Å². The summed E-state index contributed by atoms with van der Waals surface area (Å²) < 4.78 is 10.8. The number of carbonyl (C=O) groups is 2. The van der Waals surface area contributed by atoms with Gasteiger partial charge >= 0.3 is 0 Å². The van der Waals surface area contributed by atoms with Gasteiger partial charge in [-0.1, -0.05) is 42.5 Å². The first-order valence-electron chi connectivity index (χ1n) is 11.5. The molecule has 176 valence electrons. The molecule has 0 saturated carbocycles. The zero-order valence-electron chi connectivity index (χ0n) is 19.8. The molecule has 6 nitrogen and oxygen atoms in total. The van der Waals surface area contributed by atoms with Crippen molar-refractivity contribution in [3.63, 3.8) is 0 Å². The van der Waals surface area contributed by atoms with Crippen LogP contribution in [0.1, 0.15) is 40.9 Å². The minimum atomic E-state index is -1.04. The lowest BCUT2D eigenvalue weighted by Gasteiger charge is -2.44.